The predicted molar refractivity (Wildman–Crippen MR) is 107 cm³/mol. The lowest BCUT2D eigenvalue weighted by atomic mass is 10.1. The first-order valence-electron chi connectivity index (χ1n) is 8.07. The normalized spacial score (nSPS) is 22.6. The van der Waals surface area contributed by atoms with Gasteiger partial charge in [0.1, 0.15) is 12.2 Å². The average Bonchev–Trinajstić information content (AvgIpc) is 3.07. The van der Waals surface area contributed by atoms with Gasteiger partial charge in [-0.15, -0.1) is 0 Å². The Hall–Kier alpha value is -1.64. The second-order valence-electron chi connectivity index (χ2n) is 6.03. The van der Waals surface area contributed by atoms with Crippen molar-refractivity contribution in [3.63, 3.8) is 0 Å². The zero-order valence-corrected chi connectivity index (χ0v) is 19.3. The molecule has 3 heterocycles. The van der Waals surface area contributed by atoms with Crippen molar-refractivity contribution in [3.8, 4) is 0 Å². The molecule has 0 amide bonds. The van der Waals surface area contributed by atoms with Gasteiger partial charge in [-0.3, -0.25) is 14.3 Å². The van der Waals surface area contributed by atoms with E-state index in [-0.39, 0.29) is 17.1 Å². The van der Waals surface area contributed by atoms with Gasteiger partial charge in [0.05, 0.1) is 12.4 Å². The lowest BCUT2D eigenvalue weighted by Crippen LogP contribution is -2.30. The number of rotatable bonds is 1. The van der Waals surface area contributed by atoms with E-state index in [4.69, 9.17) is 68.2 Å². The molecule has 0 aromatic carbocycles. The molecular formula is C10H22N5O16P3. The third kappa shape index (κ3) is 13.9. The number of nitrogens with one attached hydrogen (secondary N) is 1. The quantitative estimate of drug-likeness (QED) is 0.146. The van der Waals surface area contributed by atoms with Gasteiger partial charge >= 0.3 is 23.5 Å². The van der Waals surface area contributed by atoms with E-state index in [0.29, 0.717) is 0 Å². The van der Waals surface area contributed by atoms with Crippen molar-refractivity contribution in [2.45, 2.75) is 31.5 Å². The maximum absolute atomic E-state index is 11.6. The number of nitrogens with zero attached hydrogens (tertiary/aromatic N) is 3. The molecule has 4 atom stereocenters. The zero-order valence-electron chi connectivity index (χ0n) is 16.6. The van der Waals surface area contributed by atoms with Gasteiger partial charge in [-0.25, -0.2) is 18.7 Å². The number of aliphatic hydroxyl groups is 2. The van der Waals surface area contributed by atoms with Crippen LogP contribution in [-0.2, 0) is 18.4 Å². The summed E-state index contributed by atoms with van der Waals surface area (Å²) in [5.41, 5.74) is 5.31. The summed E-state index contributed by atoms with van der Waals surface area (Å²) in [5.74, 6) is -0.0552. The standard InChI is InChI=1S/C10H13N5O4.3H3O4P/c1-3-5(16)6(17)9(19-3)15-2-12-4-7(15)13-10(11)14-8(4)18;3*1-5(2,3)4/h2-3,5-6,9,16-17H,1H3,(H3,11,13,14,18);3*(H3,1,2,3,4)/t3-,5-,6-,9-;;;/m1.../s1. The molecule has 0 aliphatic carbocycles. The fraction of sp³-hybridized carbons (Fsp3) is 0.500. The fourth-order valence-corrected chi connectivity index (χ4v) is 2.19. The fourth-order valence-electron chi connectivity index (χ4n) is 2.19. The molecule has 21 nitrogen and oxygen atoms in total. The molecule has 34 heavy (non-hydrogen) atoms. The van der Waals surface area contributed by atoms with Gasteiger partial charge in [-0.05, 0) is 6.92 Å². The Bertz CT molecular complexity index is 1060. The number of anilines is 1. The van der Waals surface area contributed by atoms with Crippen LogP contribution >= 0.6 is 23.5 Å². The van der Waals surface area contributed by atoms with E-state index in [1.807, 2.05) is 0 Å². The summed E-state index contributed by atoms with van der Waals surface area (Å²) in [7, 11) is -13.9. The highest BCUT2D eigenvalue weighted by Gasteiger charge is 2.42. The first-order chi connectivity index (χ1) is 15.0. The van der Waals surface area contributed by atoms with Crippen molar-refractivity contribution in [1.29, 1.82) is 0 Å². The Labute approximate surface area is 187 Å². The Morgan fingerprint density at radius 3 is 1.71 bits per heavy atom. The zero-order chi connectivity index (χ0) is 27.2. The van der Waals surface area contributed by atoms with Crippen LogP contribution in [0.5, 0.6) is 0 Å². The number of phosphoric acid groups is 3. The number of hydrogen-bond acceptors (Lipinski definition) is 10. The minimum atomic E-state index is -4.64. The highest BCUT2D eigenvalue weighted by Crippen LogP contribution is 2.30. The highest BCUT2D eigenvalue weighted by atomic mass is 31.2. The molecule has 3 rings (SSSR count). The molecule has 1 saturated heterocycles. The van der Waals surface area contributed by atoms with Gasteiger partial charge in [0.2, 0.25) is 5.95 Å². The van der Waals surface area contributed by atoms with Crippen molar-refractivity contribution >= 4 is 40.6 Å². The second-order valence-corrected chi connectivity index (χ2v) is 9.11. The summed E-state index contributed by atoms with van der Waals surface area (Å²) in [4.78, 5) is 86.5. The van der Waals surface area contributed by atoms with Crippen LogP contribution in [-0.4, -0.2) is 92.1 Å². The van der Waals surface area contributed by atoms with Gasteiger partial charge in [-0.1, -0.05) is 0 Å². The summed E-state index contributed by atoms with van der Waals surface area (Å²) in [5, 5.41) is 19.6. The third-order valence-corrected chi connectivity index (χ3v) is 3.20. The number of aromatic nitrogens is 4. The van der Waals surface area contributed by atoms with Crippen LogP contribution in [0.25, 0.3) is 11.2 Å². The topological polar surface area (TPSA) is 373 Å². The number of ether oxygens (including phenoxy) is 1. The lowest BCUT2D eigenvalue weighted by molar-refractivity contribution is -0.0299. The van der Waals surface area contributed by atoms with E-state index in [2.05, 4.69) is 15.0 Å². The number of hydrogen-bond donors (Lipinski definition) is 13. The Morgan fingerprint density at radius 1 is 0.941 bits per heavy atom. The van der Waals surface area contributed by atoms with Crippen LogP contribution in [0, 0.1) is 0 Å². The van der Waals surface area contributed by atoms with Crippen LogP contribution in [0.1, 0.15) is 13.2 Å². The molecule has 0 unspecified atom stereocenters. The summed E-state index contributed by atoms with van der Waals surface area (Å²) >= 11 is 0. The van der Waals surface area contributed by atoms with E-state index in [0.717, 1.165) is 0 Å². The summed E-state index contributed by atoms with van der Waals surface area (Å²) in [6.45, 7) is 1.64. The van der Waals surface area contributed by atoms with Crippen LogP contribution in [0.15, 0.2) is 11.1 Å². The molecule has 24 heteroatoms. The largest absolute Gasteiger partial charge is 0.466 e. The minimum absolute atomic E-state index is 0.0552. The summed E-state index contributed by atoms with van der Waals surface area (Å²) in [6.07, 6.45) is -2.21. The molecule has 1 fully saturated rings. The first kappa shape index (κ1) is 32.4. The van der Waals surface area contributed by atoms with E-state index >= 15 is 0 Å². The van der Waals surface area contributed by atoms with Gasteiger partial charge in [-0.2, -0.15) is 4.98 Å². The number of aromatic amines is 1. The van der Waals surface area contributed by atoms with Crippen LogP contribution < -0.4 is 11.3 Å². The summed E-state index contributed by atoms with van der Waals surface area (Å²) < 4.78 is 33.5. The molecule has 0 saturated carbocycles. The number of nitrogen functional groups attached to an aromatic ring is 1. The number of imidazole rings is 1. The van der Waals surface area contributed by atoms with Gasteiger partial charge in [0.15, 0.2) is 17.4 Å². The van der Waals surface area contributed by atoms with E-state index in [1.54, 1.807) is 6.92 Å². The van der Waals surface area contributed by atoms with Crippen molar-refractivity contribution in [2.24, 2.45) is 0 Å². The third-order valence-electron chi connectivity index (χ3n) is 3.20. The molecule has 2 aromatic heterocycles. The van der Waals surface area contributed by atoms with E-state index in [1.165, 1.54) is 10.9 Å². The number of H-pyrrole nitrogens is 1. The number of aliphatic hydroxyl groups excluding tert-OH is 2. The maximum Gasteiger partial charge on any atom is 0.466 e. The SMILES string of the molecule is C[C@H]1O[C@@H](n2cnc3c(=O)[nH]c(N)nc32)[C@H](O)[C@@H]1O.O=P(O)(O)O.O=P(O)(O)O.O=P(O)(O)O. The van der Waals surface area contributed by atoms with Crippen LogP contribution in [0.3, 0.4) is 0 Å². The minimum Gasteiger partial charge on any atom is -0.388 e. The molecule has 1 aliphatic rings. The Kier molecular flexibility index (Phi) is 11.8. The average molecular weight is 561 g/mol. The molecule has 0 bridgehead atoms. The molecule has 0 radical (unpaired) electrons. The van der Waals surface area contributed by atoms with Crippen molar-refractivity contribution in [1.82, 2.24) is 19.5 Å². The highest BCUT2D eigenvalue weighted by molar-refractivity contribution is 7.45. The molecule has 0 spiro atoms. The van der Waals surface area contributed by atoms with Crippen LogP contribution in [0.2, 0.25) is 0 Å². The maximum atomic E-state index is 11.6. The Morgan fingerprint density at radius 2 is 1.35 bits per heavy atom. The monoisotopic (exact) mass is 561 g/mol. The molecule has 14 N–H and O–H groups in total. The molecular weight excluding hydrogens is 539 g/mol. The molecule has 198 valence electrons. The van der Waals surface area contributed by atoms with E-state index < -0.39 is 53.6 Å². The van der Waals surface area contributed by atoms with Crippen molar-refractivity contribution in [2.75, 3.05) is 5.73 Å². The molecule has 1 aliphatic heterocycles. The lowest BCUT2D eigenvalue weighted by Gasteiger charge is -2.16. The van der Waals surface area contributed by atoms with Gasteiger partial charge in [0.25, 0.3) is 5.56 Å². The van der Waals surface area contributed by atoms with Gasteiger partial charge < -0.3 is 64.7 Å². The van der Waals surface area contributed by atoms with E-state index in [9.17, 15) is 15.0 Å². The first-order valence-corrected chi connectivity index (χ1v) is 12.8. The summed E-state index contributed by atoms with van der Waals surface area (Å²) in [6, 6.07) is 0. The van der Waals surface area contributed by atoms with Gasteiger partial charge in [0, 0.05) is 0 Å². The number of nitrogens with two attached hydrogens (primary N) is 1. The van der Waals surface area contributed by atoms with Crippen molar-refractivity contribution < 1.29 is 72.7 Å². The predicted octanol–water partition coefficient (Wildman–Crippen LogP) is -4.44. The van der Waals surface area contributed by atoms with Crippen LogP contribution in [0.4, 0.5) is 5.95 Å². The second kappa shape index (κ2) is 12.4. The number of fused-ring (bicyclic) bond motifs is 1. The van der Waals surface area contributed by atoms with Crippen molar-refractivity contribution in [3.05, 3.63) is 16.7 Å². The smallest absolute Gasteiger partial charge is 0.388 e. The Balaban J connectivity index is 0.000000599. The molecule has 2 aromatic rings.